The molecule has 0 radical (unpaired) electrons. The maximum atomic E-state index is 12.6. The van der Waals surface area contributed by atoms with E-state index < -0.39 is 47.9 Å². The first-order valence-corrected chi connectivity index (χ1v) is 10.4. The lowest BCUT2D eigenvalue weighted by Crippen LogP contribution is -2.59. The summed E-state index contributed by atoms with van der Waals surface area (Å²) in [5, 5.41) is 16.8. The zero-order valence-corrected chi connectivity index (χ0v) is 18.4. The molecule has 0 aromatic rings. The molecule has 162 valence electrons. The predicted molar refractivity (Wildman–Crippen MR) is 113 cm³/mol. The van der Waals surface area contributed by atoms with E-state index in [1.165, 1.54) is 0 Å². The van der Waals surface area contributed by atoms with Crippen LogP contribution in [-0.4, -0.2) is 64.5 Å². The largest absolute Gasteiger partial charge is 0.480 e. The molecule has 0 saturated carbocycles. The first-order valence-electron chi connectivity index (χ1n) is 9.11. The Morgan fingerprint density at radius 2 is 1.43 bits per heavy atom. The highest BCUT2D eigenvalue weighted by Gasteiger charge is 2.32. The van der Waals surface area contributed by atoms with Crippen molar-refractivity contribution in [3.8, 4) is 0 Å². The Bertz CT molecular complexity index is 562. The molecule has 3 amide bonds. The number of nitrogens with one attached hydrogen (secondary N) is 3. The minimum absolute atomic E-state index is 0.0423. The maximum Gasteiger partial charge on any atom is 0.326 e. The molecular weight excluding hydrogens is 404 g/mol. The average molecular weight is 437 g/mol. The Morgan fingerprint density at radius 1 is 0.893 bits per heavy atom. The van der Waals surface area contributed by atoms with Crippen LogP contribution in [0.4, 0.5) is 0 Å². The number of aliphatic carboxylic acids is 1. The Labute approximate surface area is 176 Å². The zero-order chi connectivity index (χ0) is 22.0. The summed E-state index contributed by atoms with van der Waals surface area (Å²) in [6.45, 7) is 6.99. The van der Waals surface area contributed by atoms with Crippen LogP contribution in [0.3, 0.4) is 0 Å². The second kappa shape index (κ2) is 12.9. The topological polar surface area (TPSA) is 151 Å². The fourth-order valence-corrected chi connectivity index (χ4v) is 2.69. The molecule has 0 bridgehead atoms. The Kier molecular flexibility index (Phi) is 12.2. The lowest BCUT2D eigenvalue weighted by atomic mass is 9.99. The van der Waals surface area contributed by atoms with E-state index in [1.54, 1.807) is 20.8 Å². The van der Waals surface area contributed by atoms with Crippen LogP contribution >= 0.6 is 25.3 Å². The molecule has 0 aliphatic heterocycles. The normalized spacial score (nSPS) is 16.4. The Balaban J connectivity index is 5.18. The quantitative estimate of drug-likeness (QED) is 0.203. The summed E-state index contributed by atoms with van der Waals surface area (Å²) >= 11 is 8.03. The van der Waals surface area contributed by atoms with Gasteiger partial charge in [-0.05, 0) is 11.8 Å². The van der Waals surface area contributed by atoms with E-state index in [0.717, 1.165) is 0 Å². The maximum absolute atomic E-state index is 12.6. The van der Waals surface area contributed by atoms with Gasteiger partial charge in [0.05, 0.1) is 6.04 Å². The number of hydrogen-bond donors (Lipinski definition) is 7. The van der Waals surface area contributed by atoms with Crippen LogP contribution in [0.25, 0.3) is 0 Å². The number of carboxylic acids is 1. The fraction of sp³-hybridized carbons (Fsp3) is 0.765. The van der Waals surface area contributed by atoms with Crippen LogP contribution in [0.5, 0.6) is 0 Å². The molecule has 0 aliphatic rings. The third-order valence-electron chi connectivity index (χ3n) is 4.37. The number of rotatable bonds is 12. The van der Waals surface area contributed by atoms with E-state index in [9.17, 15) is 24.3 Å². The second-order valence-corrected chi connectivity index (χ2v) is 7.70. The molecule has 6 N–H and O–H groups in total. The van der Waals surface area contributed by atoms with E-state index in [1.807, 2.05) is 6.92 Å². The Hall–Kier alpha value is -1.46. The van der Waals surface area contributed by atoms with Crippen molar-refractivity contribution in [1.29, 1.82) is 0 Å². The first-order chi connectivity index (χ1) is 13.0. The van der Waals surface area contributed by atoms with Gasteiger partial charge < -0.3 is 26.8 Å². The molecule has 0 rings (SSSR count). The standard InChI is InChI=1S/C17H32N4O5S2/c1-5-9(4)13(17(25)26)21-15(23)11(7-28)19-16(24)12(8(2)3)20-14(22)10(18)6-27/h8-13,27-28H,5-7,18H2,1-4H3,(H,19,24)(H,20,22)(H,21,23)(H,25,26). The highest BCUT2D eigenvalue weighted by atomic mass is 32.1. The molecule has 0 saturated heterocycles. The number of carbonyl (C=O) groups excluding carboxylic acids is 3. The van der Waals surface area contributed by atoms with Gasteiger partial charge in [-0.15, -0.1) is 0 Å². The smallest absolute Gasteiger partial charge is 0.326 e. The molecule has 0 aliphatic carbocycles. The van der Waals surface area contributed by atoms with E-state index in [-0.39, 0.29) is 23.3 Å². The van der Waals surface area contributed by atoms with Gasteiger partial charge in [0.25, 0.3) is 0 Å². The molecule has 5 unspecified atom stereocenters. The van der Waals surface area contributed by atoms with E-state index in [2.05, 4.69) is 41.2 Å². The predicted octanol–water partition coefficient (Wildman–Crippen LogP) is -0.586. The fourth-order valence-electron chi connectivity index (χ4n) is 2.27. The van der Waals surface area contributed by atoms with E-state index in [0.29, 0.717) is 6.42 Å². The first kappa shape index (κ1) is 26.5. The van der Waals surface area contributed by atoms with Crippen molar-refractivity contribution >= 4 is 48.9 Å². The molecule has 9 nitrogen and oxygen atoms in total. The molecular formula is C17H32N4O5S2. The highest BCUT2D eigenvalue weighted by Crippen LogP contribution is 2.09. The van der Waals surface area contributed by atoms with E-state index >= 15 is 0 Å². The van der Waals surface area contributed by atoms with Crippen molar-refractivity contribution in [3.05, 3.63) is 0 Å². The minimum atomic E-state index is -1.15. The average Bonchev–Trinajstić information content (AvgIpc) is 2.65. The minimum Gasteiger partial charge on any atom is -0.480 e. The van der Waals surface area contributed by atoms with Crippen LogP contribution in [-0.2, 0) is 19.2 Å². The summed E-state index contributed by atoms with van der Waals surface area (Å²) in [5.74, 6) is -3.41. The molecule has 28 heavy (non-hydrogen) atoms. The van der Waals surface area contributed by atoms with Crippen molar-refractivity contribution in [1.82, 2.24) is 16.0 Å². The van der Waals surface area contributed by atoms with Crippen molar-refractivity contribution < 1.29 is 24.3 Å². The number of carboxylic acid groups (broad SMARTS) is 1. The van der Waals surface area contributed by atoms with Crippen LogP contribution < -0.4 is 21.7 Å². The van der Waals surface area contributed by atoms with Crippen molar-refractivity contribution in [2.75, 3.05) is 11.5 Å². The lowest BCUT2D eigenvalue weighted by molar-refractivity contribution is -0.143. The number of amides is 3. The van der Waals surface area contributed by atoms with Crippen molar-refractivity contribution in [2.24, 2.45) is 17.6 Å². The van der Waals surface area contributed by atoms with Crippen molar-refractivity contribution in [2.45, 2.75) is 58.3 Å². The molecule has 11 heteroatoms. The summed E-state index contributed by atoms with van der Waals surface area (Å²) in [6.07, 6.45) is 0.558. The van der Waals surface area contributed by atoms with Gasteiger partial charge in [0, 0.05) is 11.5 Å². The van der Waals surface area contributed by atoms with E-state index in [4.69, 9.17) is 5.73 Å². The second-order valence-electron chi connectivity index (χ2n) is 6.97. The summed E-state index contributed by atoms with van der Waals surface area (Å²) in [4.78, 5) is 48.4. The van der Waals surface area contributed by atoms with Gasteiger partial charge in [-0.2, -0.15) is 25.3 Å². The summed E-state index contributed by atoms with van der Waals surface area (Å²) in [7, 11) is 0. The zero-order valence-electron chi connectivity index (χ0n) is 16.6. The summed E-state index contributed by atoms with van der Waals surface area (Å²) in [6, 6.07) is -3.92. The van der Waals surface area contributed by atoms with Crippen LogP contribution in [0.15, 0.2) is 0 Å². The molecule has 0 aromatic heterocycles. The van der Waals surface area contributed by atoms with Crippen LogP contribution in [0.2, 0.25) is 0 Å². The molecule has 0 fully saturated rings. The number of nitrogens with two attached hydrogens (primary N) is 1. The lowest BCUT2D eigenvalue weighted by Gasteiger charge is -2.27. The van der Waals surface area contributed by atoms with Gasteiger partial charge in [0.1, 0.15) is 18.1 Å². The van der Waals surface area contributed by atoms with Gasteiger partial charge in [-0.3, -0.25) is 14.4 Å². The van der Waals surface area contributed by atoms with Crippen LogP contribution in [0.1, 0.15) is 34.1 Å². The third kappa shape index (κ3) is 8.27. The van der Waals surface area contributed by atoms with Crippen molar-refractivity contribution in [3.63, 3.8) is 0 Å². The molecule has 0 aromatic carbocycles. The molecule has 0 heterocycles. The van der Waals surface area contributed by atoms with Crippen LogP contribution in [0, 0.1) is 11.8 Å². The monoisotopic (exact) mass is 436 g/mol. The SMILES string of the molecule is CCC(C)C(NC(=O)C(CS)NC(=O)C(NC(=O)C(N)CS)C(C)C)C(=O)O. The van der Waals surface area contributed by atoms with Gasteiger partial charge in [0.15, 0.2) is 0 Å². The third-order valence-corrected chi connectivity index (χ3v) is 5.13. The van der Waals surface area contributed by atoms with Gasteiger partial charge in [-0.1, -0.05) is 34.1 Å². The summed E-state index contributed by atoms with van der Waals surface area (Å²) < 4.78 is 0. The number of hydrogen-bond acceptors (Lipinski definition) is 7. The number of carbonyl (C=O) groups is 4. The summed E-state index contributed by atoms with van der Waals surface area (Å²) in [5.41, 5.74) is 5.61. The van der Waals surface area contributed by atoms with Gasteiger partial charge >= 0.3 is 5.97 Å². The molecule has 0 spiro atoms. The Morgan fingerprint density at radius 3 is 1.82 bits per heavy atom. The highest BCUT2D eigenvalue weighted by molar-refractivity contribution is 7.80. The van der Waals surface area contributed by atoms with Gasteiger partial charge in [0.2, 0.25) is 17.7 Å². The number of thiol groups is 2. The molecule has 5 atom stereocenters. The van der Waals surface area contributed by atoms with Gasteiger partial charge in [-0.25, -0.2) is 4.79 Å².